The molecule has 100 valence electrons. The van der Waals surface area contributed by atoms with Crippen molar-refractivity contribution in [2.75, 3.05) is 0 Å². The van der Waals surface area contributed by atoms with Gasteiger partial charge in [0.2, 0.25) is 0 Å². The average Bonchev–Trinajstić information content (AvgIpc) is 2.94. The minimum atomic E-state index is -1.11. The highest BCUT2D eigenvalue weighted by Gasteiger charge is 2.14. The van der Waals surface area contributed by atoms with Crippen LogP contribution in [0, 0.1) is 0 Å². The smallest absolute Gasteiger partial charge is 0.336 e. The van der Waals surface area contributed by atoms with Gasteiger partial charge in [-0.25, -0.2) is 4.79 Å². The van der Waals surface area contributed by atoms with Crippen LogP contribution in [-0.4, -0.2) is 15.6 Å². The number of rotatable bonds is 3. The summed E-state index contributed by atoms with van der Waals surface area (Å²) >= 11 is 0. The number of nitrogens with zero attached hydrogens (tertiary/aromatic N) is 1. The van der Waals surface area contributed by atoms with Crippen LogP contribution in [0.15, 0.2) is 57.9 Å². The number of carboxylic acids is 1. The van der Waals surface area contributed by atoms with Crippen molar-refractivity contribution >= 4 is 16.9 Å². The summed E-state index contributed by atoms with van der Waals surface area (Å²) in [7, 11) is 0. The topological polar surface area (TPSA) is 72.4 Å². The molecule has 1 N–H and O–H groups in total. The van der Waals surface area contributed by atoms with Crippen molar-refractivity contribution in [1.82, 2.24) is 4.57 Å². The van der Waals surface area contributed by atoms with E-state index < -0.39 is 5.97 Å². The molecule has 1 aromatic carbocycles. The maximum absolute atomic E-state index is 12.1. The molecule has 5 nitrogen and oxygen atoms in total. The van der Waals surface area contributed by atoms with Crippen LogP contribution in [0.4, 0.5) is 0 Å². The molecule has 0 fully saturated rings. The van der Waals surface area contributed by atoms with Crippen molar-refractivity contribution in [3.63, 3.8) is 0 Å². The highest BCUT2D eigenvalue weighted by atomic mass is 16.4. The highest BCUT2D eigenvalue weighted by Crippen LogP contribution is 2.18. The summed E-state index contributed by atoms with van der Waals surface area (Å²) < 4.78 is 6.74. The number of pyridine rings is 1. The van der Waals surface area contributed by atoms with Crippen LogP contribution in [0.5, 0.6) is 0 Å². The van der Waals surface area contributed by atoms with E-state index >= 15 is 0 Å². The molecule has 0 saturated carbocycles. The van der Waals surface area contributed by atoms with Gasteiger partial charge in [-0.05, 0) is 18.2 Å². The fourth-order valence-corrected chi connectivity index (χ4v) is 2.23. The highest BCUT2D eigenvalue weighted by molar-refractivity contribution is 6.02. The lowest BCUT2D eigenvalue weighted by molar-refractivity contribution is 0.0698. The molecule has 0 aliphatic carbocycles. The predicted octanol–water partition coefficient (Wildman–Crippen LogP) is 2.34. The molecule has 0 saturated heterocycles. The van der Waals surface area contributed by atoms with Crippen molar-refractivity contribution < 1.29 is 14.3 Å². The van der Waals surface area contributed by atoms with Crippen LogP contribution in [0.25, 0.3) is 10.9 Å². The van der Waals surface area contributed by atoms with E-state index in [-0.39, 0.29) is 17.7 Å². The van der Waals surface area contributed by atoms with Gasteiger partial charge in [0.1, 0.15) is 5.76 Å². The van der Waals surface area contributed by atoms with Crippen LogP contribution in [0.3, 0.4) is 0 Å². The summed E-state index contributed by atoms with van der Waals surface area (Å²) in [5.74, 6) is -0.469. The second-order valence-corrected chi connectivity index (χ2v) is 4.38. The lowest BCUT2D eigenvalue weighted by atomic mass is 10.1. The molecule has 2 aromatic heterocycles. The van der Waals surface area contributed by atoms with E-state index in [2.05, 4.69) is 0 Å². The number of aromatic nitrogens is 1. The number of fused-ring (bicyclic) bond motifs is 1. The van der Waals surface area contributed by atoms with Crippen LogP contribution in [-0.2, 0) is 6.54 Å². The molecular weight excluding hydrogens is 258 g/mol. The second-order valence-electron chi connectivity index (χ2n) is 4.38. The number of carboxylic acid groups (broad SMARTS) is 1. The van der Waals surface area contributed by atoms with Gasteiger partial charge in [0.05, 0.1) is 23.9 Å². The van der Waals surface area contributed by atoms with Gasteiger partial charge in [-0.3, -0.25) is 4.79 Å². The summed E-state index contributed by atoms with van der Waals surface area (Å²) in [6.07, 6.45) is 1.54. The fraction of sp³-hybridized carbons (Fsp3) is 0.0667. The summed E-state index contributed by atoms with van der Waals surface area (Å²) in [5, 5.41) is 9.72. The first-order valence-corrected chi connectivity index (χ1v) is 6.05. The molecule has 0 aliphatic heterocycles. The van der Waals surface area contributed by atoms with Crippen LogP contribution in [0.2, 0.25) is 0 Å². The normalized spacial score (nSPS) is 10.8. The zero-order valence-corrected chi connectivity index (χ0v) is 10.4. The second kappa shape index (κ2) is 4.70. The Morgan fingerprint density at radius 1 is 1.20 bits per heavy atom. The van der Waals surface area contributed by atoms with Gasteiger partial charge in [0, 0.05) is 11.5 Å². The van der Waals surface area contributed by atoms with Gasteiger partial charge in [-0.1, -0.05) is 18.2 Å². The molecule has 0 bridgehead atoms. The zero-order chi connectivity index (χ0) is 14.1. The molecule has 0 radical (unpaired) electrons. The van der Waals surface area contributed by atoms with Gasteiger partial charge in [0.25, 0.3) is 5.56 Å². The Labute approximate surface area is 113 Å². The number of aromatic carboxylic acids is 1. The molecule has 5 heteroatoms. The summed E-state index contributed by atoms with van der Waals surface area (Å²) in [6, 6.07) is 11.6. The monoisotopic (exact) mass is 269 g/mol. The number of hydrogen-bond donors (Lipinski definition) is 1. The number of benzene rings is 1. The van der Waals surface area contributed by atoms with Crippen molar-refractivity contribution in [2.45, 2.75) is 6.54 Å². The first-order valence-electron chi connectivity index (χ1n) is 6.05. The molecule has 3 rings (SSSR count). The minimum Gasteiger partial charge on any atom is -0.478 e. The lowest BCUT2D eigenvalue weighted by Gasteiger charge is -2.10. The number of carbonyl (C=O) groups is 1. The predicted molar refractivity (Wildman–Crippen MR) is 73.0 cm³/mol. The third kappa shape index (κ3) is 1.99. The molecule has 0 atom stereocenters. The van der Waals surface area contributed by atoms with E-state index in [9.17, 15) is 14.7 Å². The molecule has 3 aromatic rings. The van der Waals surface area contributed by atoms with E-state index in [1.54, 1.807) is 36.4 Å². The van der Waals surface area contributed by atoms with Gasteiger partial charge in [-0.2, -0.15) is 0 Å². The first kappa shape index (κ1) is 12.2. The Morgan fingerprint density at radius 3 is 2.70 bits per heavy atom. The van der Waals surface area contributed by atoms with Gasteiger partial charge in [0.15, 0.2) is 0 Å². The number of hydrogen-bond acceptors (Lipinski definition) is 3. The summed E-state index contributed by atoms with van der Waals surface area (Å²) in [6.45, 7) is 0.270. The van der Waals surface area contributed by atoms with Crippen molar-refractivity contribution in [1.29, 1.82) is 0 Å². The quantitative estimate of drug-likeness (QED) is 0.792. The molecule has 2 heterocycles. The maximum atomic E-state index is 12.1. The van der Waals surface area contributed by atoms with Gasteiger partial charge >= 0.3 is 5.97 Å². The third-order valence-electron chi connectivity index (χ3n) is 3.14. The maximum Gasteiger partial charge on any atom is 0.336 e. The van der Waals surface area contributed by atoms with Crippen LogP contribution in [0.1, 0.15) is 16.1 Å². The summed E-state index contributed by atoms with van der Waals surface area (Å²) in [4.78, 5) is 23.4. The van der Waals surface area contributed by atoms with E-state index in [1.165, 1.54) is 10.8 Å². The van der Waals surface area contributed by atoms with Crippen LogP contribution >= 0.6 is 0 Å². The Kier molecular flexibility index (Phi) is 2.87. The third-order valence-corrected chi connectivity index (χ3v) is 3.14. The van der Waals surface area contributed by atoms with Crippen molar-refractivity contribution in [2.24, 2.45) is 0 Å². The van der Waals surface area contributed by atoms with Crippen LogP contribution < -0.4 is 5.56 Å². The fourth-order valence-electron chi connectivity index (χ4n) is 2.23. The molecule has 20 heavy (non-hydrogen) atoms. The first-order chi connectivity index (χ1) is 9.66. The Hall–Kier alpha value is -2.82. The van der Waals surface area contributed by atoms with E-state index in [0.29, 0.717) is 16.7 Å². The minimum absolute atomic E-state index is 0.0151. The van der Waals surface area contributed by atoms with Gasteiger partial charge in [-0.15, -0.1) is 0 Å². The van der Waals surface area contributed by atoms with Crippen molar-refractivity contribution in [3.05, 3.63) is 70.4 Å². The molecule has 0 spiro atoms. The van der Waals surface area contributed by atoms with E-state index in [0.717, 1.165) is 6.07 Å². The number of furan rings is 1. The molecule has 0 aliphatic rings. The van der Waals surface area contributed by atoms with Gasteiger partial charge < -0.3 is 14.1 Å². The lowest BCUT2D eigenvalue weighted by Crippen LogP contribution is -2.22. The number of para-hydroxylation sites is 1. The molecular formula is C15H11NO4. The SMILES string of the molecule is O=C(O)c1cc(=O)n(Cc2ccco2)c2ccccc12. The Morgan fingerprint density at radius 2 is 2.00 bits per heavy atom. The molecule has 0 unspecified atom stereocenters. The standard InChI is InChI=1S/C15H11NO4/c17-14-8-12(15(18)19)11-5-1-2-6-13(11)16(14)9-10-4-3-7-20-10/h1-8H,9H2,(H,18,19). The van der Waals surface area contributed by atoms with E-state index in [4.69, 9.17) is 4.42 Å². The largest absolute Gasteiger partial charge is 0.478 e. The zero-order valence-electron chi connectivity index (χ0n) is 10.4. The summed E-state index contributed by atoms with van der Waals surface area (Å²) in [5.41, 5.74) is 0.229. The van der Waals surface area contributed by atoms with E-state index in [1.807, 2.05) is 0 Å². The van der Waals surface area contributed by atoms with Crippen molar-refractivity contribution in [3.8, 4) is 0 Å². The molecule has 0 amide bonds. The Balaban J connectivity index is 2.27. The average molecular weight is 269 g/mol. The Bertz CT molecular complexity index is 831.